The molecule has 0 aliphatic heterocycles. The molecule has 3 rings (SSSR count). The van der Waals surface area contributed by atoms with Crippen LogP contribution in [0.2, 0.25) is 5.02 Å². The van der Waals surface area contributed by atoms with Gasteiger partial charge in [0.2, 0.25) is 0 Å². The molecule has 3 N–H and O–H groups in total. The van der Waals surface area contributed by atoms with Crippen molar-refractivity contribution in [2.45, 2.75) is 0 Å². The Hall–Kier alpha value is -2.79. The first kappa shape index (κ1) is 15.6. The molecule has 0 fully saturated rings. The Balaban J connectivity index is 0.000000160. The van der Waals surface area contributed by atoms with Crippen LogP contribution >= 0.6 is 11.6 Å². The van der Waals surface area contributed by atoms with Crippen molar-refractivity contribution < 1.29 is 10.0 Å². The third kappa shape index (κ3) is 3.86. The van der Waals surface area contributed by atoms with Gasteiger partial charge in [0, 0.05) is 11.1 Å². The molecule has 0 aliphatic rings. The van der Waals surface area contributed by atoms with Crippen LogP contribution in [0, 0.1) is 10.1 Å². The lowest BCUT2D eigenvalue weighted by Gasteiger charge is -1.96. The van der Waals surface area contributed by atoms with Gasteiger partial charge in [-0.25, -0.2) is 0 Å². The van der Waals surface area contributed by atoms with E-state index < -0.39 is 4.92 Å². The molecule has 0 aromatic heterocycles. The van der Waals surface area contributed by atoms with Gasteiger partial charge in [0.05, 0.1) is 4.92 Å². The predicted octanol–water partition coefficient (Wildman–Crippen LogP) is 4.38. The van der Waals surface area contributed by atoms with Crippen LogP contribution in [0.15, 0.2) is 60.7 Å². The van der Waals surface area contributed by atoms with Crippen LogP contribution in [0.4, 0.5) is 11.4 Å². The van der Waals surface area contributed by atoms with Crippen molar-refractivity contribution in [2.75, 3.05) is 5.73 Å². The topological polar surface area (TPSA) is 89.4 Å². The minimum Gasteiger partial charge on any atom is -0.508 e. The van der Waals surface area contributed by atoms with E-state index in [1.807, 2.05) is 30.3 Å². The number of hydrogen-bond acceptors (Lipinski definition) is 4. The molecular formula is C16H13ClN2O3. The van der Waals surface area contributed by atoms with Gasteiger partial charge in [-0.05, 0) is 35.0 Å². The van der Waals surface area contributed by atoms with Crippen LogP contribution in [-0.2, 0) is 0 Å². The molecule has 0 saturated heterocycles. The Bertz CT molecular complexity index is 821. The first-order chi connectivity index (χ1) is 10.5. The number of phenols is 1. The number of hydrogen-bond donors (Lipinski definition) is 2. The second kappa shape index (κ2) is 6.78. The lowest BCUT2D eigenvalue weighted by Crippen LogP contribution is -1.94. The van der Waals surface area contributed by atoms with Gasteiger partial charge in [-0.2, -0.15) is 0 Å². The Morgan fingerprint density at radius 1 is 1.00 bits per heavy atom. The predicted molar refractivity (Wildman–Crippen MR) is 88.1 cm³/mol. The zero-order chi connectivity index (χ0) is 16.1. The van der Waals surface area contributed by atoms with E-state index in [-0.39, 0.29) is 11.4 Å². The number of halogens is 1. The maximum atomic E-state index is 10.2. The monoisotopic (exact) mass is 316 g/mol. The first-order valence-corrected chi connectivity index (χ1v) is 6.72. The fourth-order valence-electron chi connectivity index (χ4n) is 1.85. The molecule has 0 amide bonds. The van der Waals surface area contributed by atoms with E-state index >= 15 is 0 Å². The van der Waals surface area contributed by atoms with Gasteiger partial charge in [0.1, 0.15) is 11.4 Å². The minimum atomic E-state index is -0.568. The van der Waals surface area contributed by atoms with Crippen LogP contribution in [0.5, 0.6) is 5.75 Å². The third-order valence-electron chi connectivity index (χ3n) is 2.92. The minimum absolute atomic E-state index is 0.124. The van der Waals surface area contributed by atoms with Crippen molar-refractivity contribution in [1.29, 1.82) is 0 Å². The van der Waals surface area contributed by atoms with Crippen LogP contribution in [0.25, 0.3) is 10.8 Å². The van der Waals surface area contributed by atoms with Gasteiger partial charge in [0.15, 0.2) is 0 Å². The van der Waals surface area contributed by atoms with Crippen LogP contribution in [0.1, 0.15) is 0 Å². The van der Waals surface area contributed by atoms with E-state index in [0.717, 1.165) is 10.8 Å². The maximum absolute atomic E-state index is 10.2. The summed E-state index contributed by atoms with van der Waals surface area (Å²) in [5.74, 6) is 0.323. The highest BCUT2D eigenvalue weighted by atomic mass is 35.5. The van der Waals surface area contributed by atoms with Crippen molar-refractivity contribution in [3.05, 3.63) is 75.8 Å². The molecule has 3 aromatic rings. The second-order valence-electron chi connectivity index (χ2n) is 4.49. The number of nitro groups is 1. The van der Waals surface area contributed by atoms with Gasteiger partial charge >= 0.3 is 0 Å². The summed E-state index contributed by atoms with van der Waals surface area (Å²) < 4.78 is 0. The number of aromatic hydroxyl groups is 1. The van der Waals surface area contributed by atoms with Crippen molar-refractivity contribution >= 4 is 33.7 Å². The molecule has 0 saturated carbocycles. The number of phenolic OH excluding ortho intramolecular Hbond substituents is 1. The molecule has 0 radical (unpaired) electrons. The van der Waals surface area contributed by atoms with Crippen LogP contribution in [0.3, 0.4) is 0 Å². The quantitative estimate of drug-likeness (QED) is 0.396. The van der Waals surface area contributed by atoms with Crippen molar-refractivity contribution in [1.82, 2.24) is 0 Å². The summed E-state index contributed by atoms with van der Waals surface area (Å²) in [6.07, 6.45) is 0. The summed E-state index contributed by atoms with van der Waals surface area (Å²) in [5.41, 5.74) is 5.26. The SMILES string of the molecule is Nc1ccc(Cl)cc1[N+](=O)[O-].Oc1ccc2ccccc2c1. The average molecular weight is 317 g/mol. The molecule has 22 heavy (non-hydrogen) atoms. The molecule has 0 spiro atoms. The summed E-state index contributed by atoms with van der Waals surface area (Å²) in [7, 11) is 0. The Morgan fingerprint density at radius 2 is 1.68 bits per heavy atom. The van der Waals surface area contributed by atoms with E-state index in [4.69, 9.17) is 22.4 Å². The Morgan fingerprint density at radius 3 is 2.32 bits per heavy atom. The number of rotatable bonds is 1. The van der Waals surface area contributed by atoms with Crippen molar-refractivity contribution in [3.63, 3.8) is 0 Å². The smallest absolute Gasteiger partial charge is 0.293 e. The Kier molecular flexibility index (Phi) is 4.80. The van der Waals surface area contributed by atoms with Crippen LogP contribution in [-0.4, -0.2) is 10.0 Å². The number of nitrogens with zero attached hydrogens (tertiary/aromatic N) is 1. The Labute approximate surface area is 131 Å². The molecule has 3 aromatic carbocycles. The van der Waals surface area contributed by atoms with Gasteiger partial charge in [0.25, 0.3) is 5.69 Å². The fraction of sp³-hybridized carbons (Fsp3) is 0. The molecule has 0 heterocycles. The standard InChI is InChI=1S/C10H8O.C6H5ClN2O2/c11-10-6-5-8-3-1-2-4-9(8)7-10;7-4-1-2-5(8)6(3-4)9(10)11/h1-7,11H;1-3H,8H2. The summed E-state index contributed by atoms with van der Waals surface area (Å²) in [6.45, 7) is 0. The van der Waals surface area contributed by atoms with E-state index in [1.54, 1.807) is 12.1 Å². The highest BCUT2D eigenvalue weighted by molar-refractivity contribution is 6.30. The van der Waals surface area contributed by atoms with Gasteiger partial charge in [-0.1, -0.05) is 41.9 Å². The molecule has 112 valence electrons. The molecule has 5 nitrogen and oxygen atoms in total. The number of anilines is 1. The summed E-state index contributed by atoms with van der Waals surface area (Å²) in [6, 6.07) is 17.4. The van der Waals surface area contributed by atoms with E-state index in [0.29, 0.717) is 10.8 Å². The lowest BCUT2D eigenvalue weighted by molar-refractivity contribution is -0.383. The van der Waals surface area contributed by atoms with Crippen molar-refractivity contribution in [2.24, 2.45) is 0 Å². The van der Waals surface area contributed by atoms with E-state index in [2.05, 4.69) is 0 Å². The molecule has 0 atom stereocenters. The van der Waals surface area contributed by atoms with Crippen LogP contribution < -0.4 is 5.73 Å². The summed E-state index contributed by atoms with van der Waals surface area (Å²) in [4.78, 5) is 9.67. The molecular weight excluding hydrogens is 304 g/mol. The van der Waals surface area contributed by atoms with Crippen molar-refractivity contribution in [3.8, 4) is 5.75 Å². The molecule has 0 aliphatic carbocycles. The number of nitro benzene ring substituents is 1. The molecule has 6 heteroatoms. The first-order valence-electron chi connectivity index (χ1n) is 6.34. The summed E-state index contributed by atoms with van der Waals surface area (Å²) in [5, 5.41) is 21.9. The molecule has 0 unspecified atom stereocenters. The molecule has 0 bridgehead atoms. The van der Waals surface area contributed by atoms with Gasteiger partial charge in [-0.15, -0.1) is 0 Å². The third-order valence-corrected chi connectivity index (χ3v) is 3.16. The lowest BCUT2D eigenvalue weighted by atomic mass is 10.1. The highest BCUT2D eigenvalue weighted by Gasteiger charge is 2.10. The largest absolute Gasteiger partial charge is 0.508 e. The normalized spacial score (nSPS) is 9.86. The fourth-order valence-corrected chi connectivity index (χ4v) is 2.02. The zero-order valence-electron chi connectivity index (χ0n) is 11.4. The zero-order valence-corrected chi connectivity index (χ0v) is 12.2. The number of nitrogens with two attached hydrogens (primary N) is 1. The van der Waals surface area contributed by atoms with E-state index in [1.165, 1.54) is 18.2 Å². The average Bonchev–Trinajstić information content (AvgIpc) is 2.50. The number of nitrogen functional groups attached to an aromatic ring is 1. The van der Waals surface area contributed by atoms with Gasteiger partial charge in [-0.3, -0.25) is 10.1 Å². The number of fused-ring (bicyclic) bond motifs is 1. The van der Waals surface area contributed by atoms with Gasteiger partial charge < -0.3 is 10.8 Å². The second-order valence-corrected chi connectivity index (χ2v) is 4.93. The highest BCUT2D eigenvalue weighted by Crippen LogP contribution is 2.24. The van der Waals surface area contributed by atoms with E-state index in [9.17, 15) is 10.1 Å². The summed E-state index contributed by atoms with van der Waals surface area (Å²) >= 11 is 5.50. The number of benzene rings is 3. The maximum Gasteiger partial charge on any atom is 0.293 e.